The summed E-state index contributed by atoms with van der Waals surface area (Å²) in [6.45, 7) is 4.04. The van der Waals surface area contributed by atoms with Gasteiger partial charge in [-0.25, -0.2) is 0 Å². The van der Waals surface area contributed by atoms with E-state index in [1.807, 2.05) is 0 Å². The number of amides is 1. The van der Waals surface area contributed by atoms with Gasteiger partial charge in [-0.2, -0.15) is 0 Å². The highest BCUT2D eigenvalue weighted by atomic mass is 16.3. The highest BCUT2D eigenvalue weighted by Gasteiger charge is 2.28. The first-order valence-electron chi connectivity index (χ1n) is 23.9. The summed E-state index contributed by atoms with van der Waals surface area (Å²) < 4.78 is 0. The quantitative estimate of drug-likeness (QED) is 0.0313. The lowest BCUT2D eigenvalue weighted by Gasteiger charge is -2.27. The number of hydrogen-bond donors (Lipinski definition) is 5. The third-order valence-corrected chi connectivity index (χ3v) is 11.1. The number of hydrogen-bond acceptors (Lipinski definition) is 5. The average molecular weight is 776 g/mol. The van der Waals surface area contributed by atoms with Crippen molar-refractivity contribution in [2.24, 2.45) is 0 Å². The summed E-state index contributed by atoms with van der Waals surface area (Å²) in [6.07, 6.45) is 51.8. The molecule has 0 rings (SSSR count). The van der Waals surface area contributed by atoms with E-state index in [1.165, 1.54) is 167 Å². The van der Waals surface area contributed by atoms with E-state index < -0.39 is 36.9 Å². The summed E-state index contributed by atoms with van der Waals surface area (Å²) in [6, 6.07) is -1.01. The topological polar surface area (TPSA) is 110 Å². The Balaban J connectivity index is 3.75. The zero-order valence-corrected chi connectivity index (χ0v) is 36.4. The first-order chi connectivity index (χ1) is 27.0. The molecule has 4 unspecified atom stereocenters. The second-order valence-corrected chi connectivity index (χ2v) is 16.4. The fourth-order valence-corrected chi connectivity index (χ4v) is 7.24. The maximum absolute atomic E-state index is 12.5. The highest BCUT2D eigenvalue weighted by molar-refractivity contribution is 5.80. The zero-order chi connectivity index (χ0) is 40.3. The van der Waals surface area contributed by atoms with Gasteiger partial charge in [-0.15, -0.1) is 0 Å². The standard InChI is InChI=1S/C49H93NO5/c1-3-5-7-9-11-13-15-17-19-21-22-23-24-25-26-27-29-31-33-35-37-39-41-43-47(53)49(55)50-45(44-51)48(54)46(52)42-40-38-36-34-32-30-28-20-18-16-14-12-10-8-6-4-2/h20,25-26,28,34,36,45-48,51-54H,3-19,21-24,27,29-33,35,37-44H2,1-2H3,(H,50,55)/b26-25-,28-20+,36-34+. The molecule has 6 nitrogen and oxygen atoms in total. The third-order valence-electron chi connectivity index (χ3n) is 11.1. The van der Waals surface area contributed by atoms with Crippen molar-refractivity contribution in [3.8, 4) is 0 Å². The Bertz CT molecular complexity index is 873. The van der Waals surface area contributed by atoms with Crippen molar-refractivity contribution >= 4 is 5.91 Å². The molecular weight excluding hydrogens is 683 g/mol. The lowest BCUT2D eigenvalue weighted by Crippen LogP contribution is -2.53. The van der Waals surface area contributed by atoms with Crippen LogP contribution in [0.2, 0.25) is 0 Å². The second kappa shape index (κ2) is 43.6. The molecule has 0 aliphatic carbocycles. The Labute approximate surface area is 341 Å². The van der Waals surface area contributed by atoms with Crippen molar-refractivity contribution in [3.63, 3.8) is 0 Å². The van der Waals surface area contributed by atoms with E-state index in [4.69, 9.17) is 0 Å². The highest BCUT2D eigenvalue weighted by Crippen LogP contribution is 2.15. The van der Waals surface area contributed by atoms with E-state index in [0.29, 0.717) is 19.3 Å². The molecule has 6 heteroatoms. The van der Waals surface area contributed by atoms with E-state index >= 15 is 0 Å². The maximum Gasteiger partial charge on any atom is 0.249 e. The van der Waals surface area contributed by atoms with E-state index in [0.717, 1.165) is 38.5 Å². The van der Waals surface area contributed by atoms with Crippen LogP contribution in [0.4, 0.5) is 0 Å². The number of rotatable bonds is 43. The van der Waals surface area contributed by atoms with Gasteiger partial charge in [0.2, 0.25) is 5.91 Å². The van der Waals surface area contributed by atoms with Gasteiger partial charge in [0.1, 0.15) is 12.2 Å². The van der Waals surface area contributed by atoms with Crippen molar-refractivity contribution in [1.82, 2.24) is 5.32 Å². The molecule has 55 heavy (non-hydrogen) atoms. The molecule has 0 aliphatic rings. The summed E-state index contributed by atoms with van der Waals surface area (Å²) in [4.78, 5) is 12.5. The zero-order valence-electron chi connectivity index (χ0n) is 36.4. The fourth-order valence-electron chi connectivity index (χ4n) is 7.24. The Morgan fingerprint density at radius 3 is 1.15 bits per heavy atom. The molecular formula is C49H93NO5. The number of carbonyl (C=O) groups is 1. The van der Waals surface area contributed by atoms with Gasteiger partial charge >= 0.3 is 0 Å². The van der Waals surface area contributed by atoms with Crippen LogP contribution in [0.3, 0.4) is 0 Å². The number of aliphatic hydroxyl groups is 4. The molecule has 0 aromatic rings. The van der Waals surface area contributed by atoms with Crippen LogP contribution in [-0.2, 0) is 4.79 Å². The van der Waals surface area contributed by atoms with Crippen LogP contribution < -0.4 is 5.32 Å². The third kappa shape index (κ3) is 37.8. The Hall–Kier alpha value is -1.47. The van der Waals surface area contributed by atoms with Gasteiger partial charge in [0.05, 0.1) is 18.8 Å². The summed E-state index contributed by atoms with van der Waals surface area (Å²) >= 11 is 0. The Kier molecular flexibility index (Phi) is 42.5. The van der Waals surface area contributed by atoms with E-state index in [-0.39, 0.29) is 0 Å². The molecule has 0 bridgehead atoms. The van der Waals surface area contributed by atoms with Crippen LogP contribution in [-0.4, -0.2) is 57.3 Å². The molecule has 0 aromatic carbocycles. The monoisotopic (exact) mass is 776 g/mol. The molecule has 5 N–H and O–H groups in total. The molecule has 0 spiro atoms. The van der Waals surface area contributed by atoms with Gasteiger partial charge in [0, 0.05) is 0 Å². The Morgan fingerprint density at radius 2 is 0.764 bits per heavy atom. The van der Waals surface area contributed by atoms with Gasteiger partial charge in [-0.3, -0.25) is 4.79 Å². The van der Waals surface area contributed by atoms with Gasteiger partial charge in [0.15, 0.2) is 0 Å². The number of unbranched alkanes of at least 4 members (excludes halogenated alkanes) is 28. The molecule has 0 aliphatic heterocycles. The fraction of sp³-hybridized carbons (Fsp3) is 0.857. The molecule has 0 heterocycles. The summed E-state index contributed by atoms with van der Waals surface area (Å²) in [5.74, 6) is -0.600. The lowest BCUT2D eigenvalue weighted by atomic mass is 10.00. The largest absolute Gasteiger partial charge is 0.394 e. The average Bonchev–Trinajstić information content (AvgIpc) is 3.19. The van der Waals surface area contributed by atoms with E-state index in [2.05, 4.69) is 55.6 Å². The van der Waals surface area contributed by atoms with E-state index in [1.54, 1.807) is 0 Å². The van der Waals surface area contributed by atoms with Crippen LogP contribution in [0.5, 0.6) is 0 Å². The first-order valence-corrected chi connectivity index (χ1v) is 23.9. The van der Waals surface area contributed by atoms with E-state index in [9.17, 15) is 25.2 Å². The van der Waals surface area contributed by atoms with Crippen molar-refractivity contribution in [3.05, 3.63) is 36.5 Å². The first kappa shape index (κ1) is 53.5. The van der Waals surface area contributed by atoms with Crippen molar-refractivity contribution < 1.29 is 25.2 Å². The molecule has 0 saturated carbocycles. The van der Waals surface area contributed by atoms with Gasteiger partial charge in [0.25, 0.3) is 0 Å². The minimum absolute atomic E-state index is 0.355. The minimum atomic E-state index is -1.29. The normalized spacial score (nSPS) is 14.4. The van der Waals surface area contributed by atoms with Crippen molar-refractivity contribution in [2.45, 2.75) is 263 Å². The number of nitrogens with one attached hydrogen (secondary N) is 1. The molecule has 0 saturated heterocycles. The molecule has 0 radical (unpaired) electrons. The number of carbonyl (C=O) groups excluding carboxylic acids is 1. The summed E-state index contributed by atoms with van der Waals surface area (Å²) in [5.41, 5.74) is 0. The molecule has 4 atom stereocenters. The predicted octanol–water partition coefficient (Wildman–Crippen LogP) is 12.9. The summed E-state index contributed by atoms with van der Waals surface area (Å²) in [7, 11) is 0. The predicted molar refractivity (Wildman–Crippen MR) is 237 cm³/mol. The van der Waals surface area contributed by atoms with Crippen LogP contribution >= 0.6 is 0 Å². The summed E-state index contributed by atoms with van der Waals surface area (Å²) in [5, 5.41) is 43.7. The van der Waals surface area contributed by atoms with Crippen molar-refractivity contribution in [2.75, 3.05) is 6.61 Å². The van der Waals surface area contributed by atoms with Crippen LogP contribution in [0, 0.1) is 0 Å². The minimum Gasteiger partial charge on any atom is -0.394 e. The molecule has 324 valence electrons. The van der Waals surface area contributed by atoms with Crippen molar-refractivity contribution in [1.29, 1.82) is 0 Å². The molecule has 1 amide bonds. The smallest absolute Gasteiger partial charge is 0.249 e. The lowest BCUT2D eigenvalue weighted by molar-refractivity contribution is -0.132. The SMILES string of the molecule is CCCCCCCCC/C=C/CC/C=C/CCCC(O)C(O)C(CO)NC(=O)C(O)CCCCCCCCC/C=C\CCCCCCCCCCCCCC. The number of aliphatic hydroxyl groups excluding tert-OH is 4. The number of allylic oxidation sites excluding steroid dienone is 6. The van der Waals surface area contributed by atoms with Crippen LogP contribution in [0.15, 0.2) is 36.5 Å². The Morgan fingerprint density at radius 1 is 0.436 bits per heavy atom. The molecule has 0 fully saturated rings. The van der Waals surface area contributed by atoms with Gasteiger partial charge in [-0.05, 0) is 77.0 Å². The van der Waals surface area contributed by atoms with Gasteiger partial charge in [-0.1, -0.05) is 198 Å². The maximum atomic E-state index is 12.5. The second-order valence-electron chi connectivity index (χ2n) is 16.4. The van der Waals surface area contributed by atoms with Gasteiger partial charge < -0.3 is 25.7 Å². The van der Waals surface area contributed by atoms with Crippen LogP contribution in [0.1, 0.15) is 239 Å². The van der Waals surface area contributed by atoms with Crippen LogP contribution in [0.25, 0.3) is 0 Å². The molecule has 0 aromatic heterocycles.